The summed E-state index contributed by atoms with van der Waals surface area (Å²) in [5, 5.41) is 7.52. The molecule has 0 bridgehead atoms. The van der Waals surface area contributed by atoms with Gasteiger partial charge in [0.25, 0.3) is 0 Å². The zero-order valence-corrected chi connectivity index (χ0v) is 15.0. The first kappa shape index (κ1) is 18.0. The SMILES string of the molecule is C=CCN=C(NCC)N1CCOC(c2cnn(C)c2)C1.I. The third-order valence-electron chi connectivity index (χ3n) is 3.17. The van der Waals surface area contributed by atoms with Crippen molar-refractivity contribution in [3.63, 3.8) is 0 Å². The fraction of sp³-hybridized carbons (Fsp3) is 0.571. The molecule has 1 aliphatic rings. The number of aliphatic imine (C=N–C) groups is 1. The minimum atomic E-state index is 0. The lowest BCUT2D eigenvalue weighted by Gasteiger charge is -2.34. The number of aryl methyl sites for hydroxylation is 1. The van der Waals surface area contributed by atoms with Gasteiger partial charge in [-0.1, -0.05) is 6.08 Å². The highest BCUT2D eigenvalue weighted by Crippen LogP contribution is 2.21. The summed E-state index contributed by atoms with van der Waals surface area (Å²) in [6.07, 6.45) is 5.71. The molecule has 2 rings (SSSR count). The molecule has 1 aromatic heterocycles. The molecule has 1 saturated heterocycles. The molecule has 2 heterocycles. The van der Waals surface area contributed by atoms with Crippen LogP contribution in [0.1, 0.15) is 18.6 Å². The highest BCUT2D eigenvalue weighted by Gasteiger charge is 2.24. The van der Waals surface area contributed by atoms with Gasteiger partial charge in [0.05, 0.1) is 25.9 Å². The quantitative estimate of drug-likeness (QED) is 0.358. The molecule has 118 valence electrons. The Morgan fingerprint density at radius 1 is 1.67 bits per heavy atom. The lowest BCUT2D eigenvalue weighted by Crippen LogP contribution is -2.48. The summed E-state index contributed by atoms with van der Waals surface area (Å²) in [6, 6.07) is 0. The van der Waals surface area contributed by atoms with Gasteiger partial charge in [-0.2, -0.15) is 5.10 Å². The van der Waals surface area contributed by atoms with E-state index in [1.165, 1.54) is 0 Å². The van der Waals surface area contributed by atoms with Crippen molar-refractivity contribution in [3.05, 3.63) is 30.6 Å². The van der Waals surface area contributed by atoms with Crippen molar-refractivity contribution in [1.29, 1.82) is 0 Å². The van der Waals surface area contributed by atoms with Gasteiger partial charge in [0, 0.05) is 31.9 Å². The van der Waals surface area contributed by atoms with Crippen molar-refractivity contribution in [2.24, 2.45) is 12.0 Å². The average molecular weight is 405 g/mol. The molecule has 0 aliphatic carbocycles. The molecular formula is C14H24IN5O. The van der Waals surface area contributed by atoms with Gasteiger partial charge in [-0.25, -0.2) is 4.99 Å². The molecule has 1 N–H and O–H groups in total. The fourth-order valence-electron chi connectivity index (χ4n) is 2.23. The van der Waals surface area contributed by atoms with Crippen molar-refractivity contribution in [3.8, 4) is 0 Å². The van der Waals surface area contributed by atoms with Crippen LogP contribution in [0, 0.1) is 0 Å². The summed E-state index contributed by atoms with van der Waals surface area (Å²) in [5.74, 6) is 0.921. The molecule has 1 atom stereocenters. The zero-order chi connectivity index (χ0) is 14.4. The molecule has 6 nitrogen and oxygen atoms in total. The van der Waals surface area contributed by atoms with E-state index in [1.807, 2.05) is 19.4 Å². The maximum absolute atomic E-state index is 5.84. The van der Waals surface area contributed by atoms with Crippen molar-refractivity contribution in [2.75, 3.05) is 32.8 Å². The topological polar surface area (TPSA) is 54.7 Å². The van der Waals surface area contributed by atoms with E-state index in [9.17, 15) is 0 Å². The van der Waals surface area contributed by atoms with Gasteiger partial charge in [0.1, 0.15) is 6.10 Å². The predicted molar refractivity (Wildman–Crippen MR) is 95.1 cm³/mol. The van der Waals surface area contributed by atoms with Gasteiger partial charge in [-0.3, -0.25) is 4.68 Å². The van der Waals surface area contributed by atoms with E-state index in [0.29, 0.717) is 13.2 Å². The van der Waals surface area contributed by atoms with Crippen LogP contribution >= 0.6 is 24.0 Å². The van der Waals surface area contributed by atoms with Gasteiger partial charge in [-0.05, 0) is 6.92 Å². The Labute approximate surface area is 143 Å². The van der Waals surface area contributed by atoms with Crippen LogP contribution in [0.15, 0.2) is 30.0 Å². The Hall–Kier alpha value is -1.09. The van der Waals surface area contributed by atoms with Crippen LogP contribution in [0.4, 0.5) is 0 Å². The predicted octanol–water partition coefficient (Wildman–Crippen LogP) is 1.56. The number of hydrogen-bond donors (Lipinski definition) is 1. The maximum atomic E-state index is 5.84. The fourth-order valence-corrected chi connectivity index (χ4v) is 2.23. The summed E-state index contributed by atoms with van der Waals surface area (Å²) in [4.78, 5) is 6.76. The van der Waals surface area contributed by atoms with Crippen LogP contribution < -0.4 is 5.32 Å². The van der Waals surface area contributed by atoms with Crippen LogP contribution in [-0.4, -0.2) is 53.4 Å². The number of aromatic nitrogens is 2. The van der Waals surface area contributed by atoms with Crippen LogP contribution in [0.5, 0.6) is 0 Å². The Balaban J connectivity index is 0.00000220. The van der Waals surface area contributed by atoms with Crippen LogP contribution in [0.25, 0.3) is 0 Å². The number of guanidine groups is 1. The number of hydrogen-bond acceptors (Lipinski definition) is 3. The molecule has 1 aromatic rings. The Kier molecular flexibility index (Phi) is 7.73. The van der Waals surface area contributed by atoms with Crippen LogP contribution in [0.3, 0.4) is 0 Å². The molecule has 1 aliphatic heterocycles. The molecule has 21 heavy (non-hydrogen) atoms. The van der Waals surface area contributed by atoms with E-state index in [0.717, 1.165) is 31.2 Å². The van der Waals surface area contributed by atoms with Gasteiger partial charge >= 0.3 is 0 Å². The van der Waals surface area contributed by atoms with Crippen molar-refractivity contribution in [1.82, 2.24) is 20.0 Å². The van der Waals surface area contributed by atoms with Gasteiger partial charge in [0.2, 0.25) is 0 Å². The largest absolute Gasteiger partial charge is 0.370 e. The Bertz CT molecular complexity index is 474. The summed E-state index contributed by atoms with van der Waals surface area (Å²) in [5.41, 5.74) is 1.11. The van der Waals surface area contributed by atoms with Gasteiger partial charge in [-0.15, -0.1) is 30.6 Å². The number of halogens is 1. The monoisotopic (exact) mass is 405 g/mol. The Morgan fingerprint density at radius 3 is 3.10 bits per heavy atom. The third kappa shape index (κ3) is 4.99. The second-order valence-electron chi connectivity index (χ2n) is 4.74. The molecule has 0 amide bonds. The number of nitrogens with zero attached hydrogens (tertiary/aromatic N) is 4. The number of nitrogens with one attached hydrogen (secondary N) is 1. The van der Waals surface area contributed by atoms with E-state index in [4.69, 9.17) is 4.74 Å². The van der Waals surface area contributed by atoms with E-state index in [1.54, 1.807) is 10.8 Å². The molecule has 1 fully saturated rings. The number of morpholine rings is 1. The number of rotatable bonds is 4. The highest BCUT2D eigenvalue weighted by atomic mass is 127. The molecule has 0 saturated carbocycles. The summed E-state index contributed by atoms with van der Waals surface area (Å²) in [6.45, 7) is 9.59. The van der Waals surface area contributed by atoms with Crippen molar-refractivity contribution < 1.29 is 4.74 Å². The second-order valence-corrected chi connectivity index (χ2v) is 4.74. The minimum Gasteiger partial charge on any atom is -0.370 e. The second kappa shape index (κ2) is 9.04. The van der Waals surface area contributed by atoms with E-state index in [-0.39, 0.29) is 30.1 Å². The van der Waals surface area contributed by atoms with Crippen LogP contribution in [-0.2, 0) is 11.8 Å². The molecular weight excluding hydrogens is 381 g/mol. The average Bonchev–Trinajstić information content (AvgIpc) is 2.90. The first-order valence-electron chi connectivity index (χ1n) is 6.99. The summed E-state index contributed by atoms with van der Waals surface area (Å²) in [7, 11) is 1.92. The first-order chi connectivity index (χ1) is 9.74. The third-order valence-corrected chi connectivity index (χ3v) is 3.17. The molecule has 0 aromatic carbocycles. The molecule has 0 radical (unpaired) electrons. The Morgan fingerprint density at radius 2 is 2.48 bits per heavy atom. The summed E-state index contributed by atoms with van der Waals surface area (Å²) >= 11 is 0. The molecule has 7 heteroatoms. The summed E-state index contributed by atoms with van der Waals surface area (Å²) < 4.78 is 7.64. The highest BCUT2D eigenvalue weighted by molar-refractivity contribution is 14.0. The normalized spacial score (nSPS) is 19.0. The van der Waals surface area contributed by atoms with E-state index >= 15 is 0 Å². The first-order valence-corrected chi connectivity index (χ1v) is 6.99. The van der Waals surface area contributed by atoms with Gasteiger partial charge in [0.15, 0.2) is 5.96 Å². The van der Waals surface area contributed by atoms with Crippen LogP contribution in [0.2, 0.25) is 0 Å². The minimum absolute atomic E-state index is 0. The molecule has 1 unspecified atom stereocenters. The van der Waals surface area contributed by atoms with E-state index in [2.05, 4.69) is 33.8 Å². The maximum Gasteiger partial charge on any atom is 0.194 e. The standard InChI is InChI=1S/C14H23N5O.HI/c1-4-6-16-14(15-5-2)19-7-8-20-13(11-19)12-9-17-18(3)10-12;/h4,9-10,13H,1,5-8,11H2,2-3H3,(H,15,16);1H. The van der Waals surface area contributed by atoms with Crippen molar-refractivity contribution >= 4 is 29.9 Å². The molecule has 0 spiro atoms. The van der Waals surface area contributed by atoms with Crippen molar-refractivity contribution in [2.45, 2.75) is 13.0 Å². The van der Waals surface area contributed by atoms with E-state index < -0.39 is 0 Å². The van der Waals surface area contributed by atoms with Gasteiger partial charge < -0.3 is 15.0 Å². The lowest BCUT2D eigenvalue weighted by atomic mass is 10.1. The smallest absolute Gasteiger partial charge is 0.194 e. The number of ether oxygens (including phenoxy) is 1. The zero-order valence-electron chi connectivity index (χ0n) is 12.7. The lowest BCUT2D eigenvalue weighted by molar-refractivity contribution is -0.00801.